The van der Waals surface area contributed by atoms with E-state index >= 15 is 0 Å². The Hall–Kier alpha value is -1.04. The number of rotatable bonds is 4. The number of hydrogen-bond donors (Lipinski definition) is 1. The van der Waals surface area contributed by atoms with Crippen LogP contribution in [-0.4, -0.2) is 37.6 Å². The third-order valence-electron chi connectivity index (χ3n) is 2.99. The predicted octanol–water partition coefficient (Wildman–Crippen LogP) is 1.87. The minimum absolute atomic E-state index is 1.02. The zero-order chi connectivity index (χ0) is 11.2. The van der Waals surface area contributed by atoms with Gasteiger partial charge in [-0.3, -0.25) is 4.90 Å². The van der Waals surface area contributed by atoms with Gasteiger partial charge in [-0.15, -0.1) is 0 Å². The third-order valence-corrected chi connectivity index (χ3v) is 2.99. The summed E-state index contributed by atoms with van der Waals surface area (Å²) in [6.45, 7) is 7.72. The molecule has 1 N–H and O–H groups in total. The molecular formula is C14H20N2. The Labute approximate surface area is 98.0 Å². The molecule has 0 spiro atoms. The number of nitrogens with one attached hydrogen (secondary N) is 1. The Morgan fingerprint density at radius 3 is 2.50 bits per heavy atom. The van der Waals surface area contributed by atoms with Gasteiger partial charge in [0, 0.05) is 43.9 Å². The first-order chi connectivity index (χ1) is 7.88. The number of piperazine rings is 1. The van der Waals surface area contributed by atoms with Gasteiger partial charge in [0.05, 0.1) is 0 Å². The van der Waals surface area contributed by atoms with E-state index in [1.807, 2.05) is 0 Å². The Morgan fingerprint density at radius 1 is 1.19 bits per heavy atom. The molecule has 1 saturated heterocycles. The lowest BCUT2D eigenvalue weighted by atomic mass is 10.1. The maximum atomic E-state index is 3.37. The number of allylic oxidation sites excluding steroid dienone is 2. The largest absolute Gasteiger partial charge is 0.314 e. The fourth-order valence-electron chi connectivity index (χ4n) is 2.06. The van der Waals surface area contributed by atoms with E-state index in [1.54, 1.807) is 0 Å². The van der Waals surface area contributed by atoms with Crippen molar-refractivity contribution in [2.75, 3.05) is 32.7 Å². The SMILES string of the molecule is CCCC1=C=C=C(CN2CCNCC2)C=C1. The second-order valence-electron chi connectivity index (χ2n) is 4.41. The van der Waals surface area contributed by atoms with Crippen molar-refractivity contribution >= 4 is 0 Å². The van der Waals surface area contributed by atoms with Crippen LogP contribution in [0.3, 0.4) is 0 Å². The lowest BCUT2D eigenvalue weighted by Crippen LogP contribution is -2.44. The molecule has 0 unspecified atom stereocenters. The molecule has 2 rings (SSSR count). The van der Waals surface area contributed by atoms with Crippen molar-refractivity contribution < 1.29 is 0 Å². The van der Waals surface area contributed by atoms with Gasteiger partial charge in [0.25, 0.3) is 0 Å². The van der Waals surface area contributed by atoms with Gasteiger partial charge in [0.15, 0.2) is 0 Å². The molecule has 1 aliphatic carbocycles. The zero-order valence-electron chi connectivity index (χ0n) is 10.1. The van der Waals surface area contributed by atoms with E-state index in [0.29, 0.717) is 0 Å². The van der Waals surface area contributed by atoms with Gasteiger partial charge >= 0.3 is 0 Å². The topological polar surface area (TPSA) is 15.3 Å². The molecule has 0 amide bonds. The van der Waals surface area contributed by atoms with E-state index in [0.717, 1.165) is 39.1 Å². The first-order valence-corrected chi connectivity index (χ1v) is 6.23. The highest BCUT2D eigenvalue weighted by Gasteiger charge is 2.10. The highest BCUT2D eigenvalue weighted by molar-refractivity contribution is 5.32. The molecule has 0 aromatic heterocycles. The van der Waals surface area contributed by atoms with Crippen molar-refractivity contribution in [3.05, 3.63) is 34.8 Å². The average molecular weight is 216 g/mol. The summed E-state index contributed by atoms with van der Waals surface area (Å²) in [5, 5.41) is 3.37. The Morgan fingerprint density at radius 2 is 1.88 bits per heavy atom. The summed E-state index contributed by atoms with van der Waals surface area (Å²) >= 11 is 0. The van der Waals surface area contributed by atoms with Crippen molar-refractivity contribution in [1.82, 2.24) is 10.2 Å². The maximum absolute atomic E-state index is 3.37. The van der Waals surface area contributed by atoms with Crippen LogP contribution in [0.1, 0.15) is 19.8 Å². The average Bonchev–Trinajstić information content (AvgIpc) is 2.33. The van der Waals surface area contributed by atoms with E-state index in [2.05, 4.69) is 40.8 Å². The van der Waals surface area contributed by atoms with Crippen molar-refractivity contribution in [2.24, 2.45) is 0 Å². The fourth-order valence-corrected chi connectivity index (χ4v) is 2.06. The van der Waals surface area contributed by atoms with E-state index < -0.39 is 0 Å². The maximum Gasteiger partial charge on any atom is 0.0314 e. The van der Waals surface area contributed by atoms with Crippen LogP contribution in [0.25, 0.3) is 0 Å². The lowest BCUT2D eigenvalue weighted by molar-refractivity contribution is 0.261. The Kier molecular flexibility index (Phi) is 4.21. The summed E-state index contributed by atoms with van der Waals surface area (Å²) in [6.07, 6.45) is 6.69. The van der Waals surface area contributed by atoms with Gasteiger partial charge in [0.1, 0.15) is 0 Å². The summed E-state index contributed by atoms with van der Waals surface area (Å²) in [5.41, 5.74) is 9.09. The van der Waals surface area contributed by atoms with E-state index in [4.69, 9.17) is 0 Å². The molecular weight excluding hydrogens is 196 g/mol. The van der Waals surface area contributed by atoms with Crippen molar-refractivity contribution in [2.45, 2.75) is 19.8 Å². The number of nitrogens with zero attached hydrogens (tertiary/aromatic N) is 1. The van der Waals surface area contributed by atoms with Gasteiger partial charge in [-0.05, 0) is 18.6 Å². The van der Waals surface area contributed by atoms with E-state index in [9.17, 15) is 0 Å². The van der Waals surface area contributed by atoms with Crippen LogP contribution in [0.5, 0.6) is 0 Å². The van der Waals surface area contributed by atoms with Crippen molar-refractivity contribution in [3.63, 3.8) is 0 Å². The second kappa shape index (κ2) is 5.89. The second-order valence-corrected chi connectivity index (χ2v) is 4.41. The molecule has 1 heterocycles. The Balaban J connectivity index is 1.95. The van der Waals surface area contributed by atoms with Gasteiger partial charge in [-0.2, -0.15) is 0 Å². The molecule has 86 valence electrons. The minimum Gasteiger partial charge on any atom is -0.314 e. The standard InChI is InChI=1S/C14H20N2/c1-2-3-13-4-6-14(7-5-13)12-16-10-8-15-9-11-16/h4,6,15H,2-3,8-12H2,1H3. The third kappa shape index (κ3) is 3.23. The molecule has 0 aromatic carbocycles. The van der Waals surface area contributed by atoms with Gasteiger partial charge < -0.3 is 5.32 Å². The molecule has 1 fully saturated rings. The highest BCUT2D eigenvalue weighted by atomic mass is 15.2. The van der Waals surface area contributed by atoms with Crippen LogP contribution >= 0.6 is 0 Å². The predicted molar refractivity (Wildman–Crippen MR) is 67.4 cm³/mol. The molecule has 0 aromatic rings. The van der Waals surface area contributed by atoms with E-state index in [1.165, 1.54) is 17.6 Å². The van der Waals surface area contributed by atoms with Crippen LogP contribution in [0.15, 0.2) is 34.8 Å². The number of hydrogen-bond acceptors (Lipinski definition) is 2. The summed E-state index contributed by atoms with van der Waals surface area (Å²) in [7, 11) is 0. The van der Waals surface area contributed by atoms with Crippen LogP contribution < -0.4 is 5.32 Å². The van der Waals surface area contributed by atoms with Crippen LogP contribution in [0.4, 0.5) is 0 Å². The molecule has 0 radical (unpaired) electrons. The van der Waals surface area contributed by atoms with Crippen LogP contribution in [0.2, 0.25) is 0 Å². The summed E-state index contributed by atoms with van der Waals surface area (Å²) in [5.74, 6) is 0. The van der Waals surface area contributed by atoms with Crippen molar-refractivity contribution in [3.8, 4) is 0 Å². The lowest BCUT2D eigenvalue weighted by Gasteiger charge is -2.27. The Bertz CT molecular complexity index is 360. The molecule has 16 heavy (non-hydrogen) atoms. The molecule has 0 bridgehead atoms. The first-order valence-electron chi connectivity index (χ1n) is 6.23. The molecule has 2 heteroatoms. The van der Waals surface area contributed by atoms with Crippen molar-refractivity contribution in [1.29, 1.82) is 0 Å². The van der Waals surface area contributed by atoms with Crippen LogP contribution in [0, 0.1) is 0 Å². The first kappa shape index (κ1) is 11.4. The summed E-state index contributed by atoms with van der Waals surface area (Å²) in [4.78, 5) is 2.47. The smallest absolute Gasteiger partial charge is 0.0314 e. The van der Waals surface area contributed by atoms with E-state index in [-0.39, 0.29) is 0 Å². The van der Waals surface area contributed by atoms with Crippen LogP contribution in [-0.2, 0) is 0 Å². The monoisotopic (exact) mass is 216 g/mol. The molecule has 0 saturated carbocycles. The van der Waals surface area contributed by atoms with Gasteiger partial charge in [0.2, 0.25) is 0 Å². The molecule has 2 nitrogen and oxygen atoms in total. The summed E-state index contributed by atoms with van der Waals surface area (Å²) < 4.78 is 0. The van der Waals surface area contributed by atoms with Gasteiger partial charge in [-0.1, -0.05) is 24.8 Å². The minimum atomic E-state index is 1.02. The quantitative estimate of drug-likeness (QED) is 0.722. The fraction of sp³-hybridized carbons (Fsp3) is 0.571. The normalized spacial score (nSPS) is 20.8. The van der Waals surface area contributed by atoms with Gasteiger partial charge in [-0.25, -0.2) is 0 Å². The highest BCUT2D eigenvalue weighted by Crippen LogP contribution is 2.11. The molecule has 1 aliphatic heterocycles. The molecule has 2 aliphatic rings. The molecule has 0 atom stereocenters. The summed E-state index contributed by atoms with van der Waals surface area (Å²) in [6, 6.07) is 0. The zero-order valence-corrected chi connectivity index (χ0v) is 10.1.